The lowest BCUT2D eigenvalue weighted by Crippen LogP contribution is -2.12. The summed E-state index contributed by atoms with van der Waals surface area (Å²) in [6, 6.07) is 31.8. The van der Waals surface area contributed by atoms with Crippen molar-refractivity contribution in [2.45, 2.75) is 56.9 Å². The fourth-order valence-electron chi connectivity index (χ4n) is 6.45. The Hall–Kier alpha value is -4.61. The van der Waals surface area contributed by atoms with Crippen LogP contribution in [-0.2, 0) is 5.41 Å². The minimum Gasteiger partial charge on any atom is -0.506 e. The molecule has 1 N–H and O–H groups in total. The first-order valence-corrected chi connectivity index (χ1v) is 15.8. The van der Waals surface area contributed by atoms with E-state index in [9.17, 15) is 5.11 Å². The predicted octanol–water partition coefficient (Wildman–Crippen LogP) is 10.5. The van der Waals surface area contributed by atoms with Gasteiger partial charge in [-0.1, -0.05) is 74.5 Å². The fraction of sp³-hybridized carbons (Fsp3) is 0.179. The normalized spacial score (nSPS) is 12.0. The SMILES string of the molecule is Cc1cc(C)c(-c2ccc(O)c3nc(Sc4ccc5c6ccccc6n(-c6cc(C(C)(C)C)ccn6)c5c4)ccc23)c(C)c1. The molecule has 4 aromatic carbocycles. The van der Waals surface area contributed by atoms with E-state index in [0.29, 0.717) is 5.52 Å². The zero-order valence-corrected chi connectivity index (χ0v) is 26.8. The first-order chi connectivity index (χ1) is 21.1. The van der Waals surface area contributed by atoms with E-state index >= 15 is 0 Å². The third kappa shape index (κ3) is 4.82. The molecular weight excluding hydrogens is 559 g/mol. The molecule has 0 spiro atoms. The van der Waals surface area contributed by atoms with E-state index in [4.69, 9.17) is 9.97 Å². The summed E-state index contributed by atoms with van der Waals surface area (Å²) in [5.41, 5.74) is 10.1. The molecule has 4 nitrogen and oxygen atoms in total. The number of aromatic nitrogens is 3. The monoisotopic (exact) mass is 593 g/mol. The Bertz CT molecular complexity index is 2220. The first-order valence-electron chi connectivity index (χ1n) is 15.0. The largest absolute Gasteiger partial charge is 0.506 e. The van der Waals surface area contributed by atoms with Crippen molar-refractivity contribution < 1.29 is 5.11 Å². The highest BCUT2D eigenvalue weighted by molar-refractivity contribution is 7.99. The molecule has 218 valence electrons. The van der Waals surface area contributed by atoms with Crippen LogP contribution >= 0.6 is 11.8 Å². The van der Waals surface area contributed by atoms with E-state index in [1.807, 2.05) is 12.3 Å². The Labute approximate surface area is 262 Å². The van der Waals surface area contributed by atoms with Gasteiger partial charge in [0.15, 0.2) is 0 Å². The number of para-hydroxylation sites is 1. The Morgan fingerprint density at radius 3 is 2.23 bits per heavy atom. The minimum atomic E-state index is 0.0154. The third-order valence-corrected chi connectivity index (χ3v) is 9.39. The van der Waals surface area contributed by atoms with Crippen molar-refractivity contribution in [1.29, 1.82) is 0 Å². The number of pyridine rings is 2. The van der Waals surface area contributed by atoms with Crippen LogP contribution in [0.1, 0.15) is 43.0 Å². The van der Waals surface area contributed by atoms with Crippen molar-refractivity contribution in [3.05, 3.63) is 119 Å². The van der Waals surface area contributed by atoms with Crippen molar-refractivity contribution in [2.75, 3.05) is 0 Å². The van der Waals surface area contributed by atoms with Crippen molar-refractivity contribution >= 4 is 44.5 Å². The molecule has 0 fully saturated rings. The van der Waals surface area contributed by atoms with Gasteiger partial charge < -0.3 is 5.11 Å². The standard InChI is InChI=1S/C39H35N3OS/c1-23-19-24(2)37(25(3)20-23)30-13-15-34(43)38-31(30)14-16-36(41-38)44-27-11-12-29-28-9-7-8-10-32(28)42(33(29)22-27)35-21-26(17-18-40-35)39(4,5)6/h7-22,43H,1-6H3. The average Bonchev–Trinajstić information content (AvgIpc) is 3.31. The molecule has 44 heavy (non-hydrogen) atoms. The molecule has 0 aliphatic rings. The molecule has 0 atom stereocenters. The van der Waals surface area contributed by atoms with Gasteiger partial charge >= 0.3 is 0 Å². The van der Waals surface area contributed by atoms with Crippen molar-refractivity contribution in [1.82, 2.24) is 14.5 Å². The number of phenolic OH excluding ortho intramolecular Hbond substituents is 1. The summed E-state index contributed by atoms with van der Waals surface area (Å²) < 4.78 is 2.27. The number of hydrogen-bond donors (Lipinski definition) is 1. The highest BCUT2D eigenvalue weighted by Crippen LogP contribution is 2.40. The molecule has 0 radical (unpaired) electrons. The number of rotatable bonds is 4. The van der Waals surface area contributed by atoms with Gasteiger partial charge in [-0.2, -0.15) is 0 Å². The molecule has 0 amide bonds. The van der Waals surface area contributed by atoms with Crippen LogP contribution in [-0.4, -0.2) is 19.6 Å². The van der Waals surface area contributed by atoms with Crippen molar-refractivity contribution in [3.63, 3.8) is 0 Å². The van der Waals surface area contributed by atoms with Crippen LogP contribution in [0.25, 0.3) is 49.7 Å². The van der Waals surface area contributed by atoms with Crippen LogP contribution in [0.4, 0.5) is 0 Å². The van der Waals surface area contributed by atoms with Crippen LogP contribution < -0.4 is 0 Å². The second-order valence-electron chi connectivity index (χ2n) is 12.7. The molecule has 3 aromatic heterocycles. The van der Waals surface area contributed by atoms with E-state index in [2.05, 4.69) is 125 Å². The van der Waals surface area contributed by atoms with E-state index in [-0.39, 0.29) is 11.2 Å². The molecule has 3 heterocycles. The summed E-state index contributed by atoms with van der Waals surface area (Å²) in [5, 5.41) is 15.1. The number of benzene rings is 4. The highest BCUT2D eigenvalue weighted by atomic mass is 32.2. The summed E-state index contributed by atoms with van der Waals surface area (Å²) in [6.45, 7) is 13.1. The maximum atomic E-state index is 10.9. The van der Waals surface area contributed by atoms with E-state index in [1.54, 1.807) is 17.8 Å². The molecular formula is C39H35N3OS. The molecule has 0 unspecified atom stereocenters. The number of aryl methyl sites for hydroxylation is 3. The predicted molar refractivity (Wildman–Crippen MR) is 184 cm³/mol. The lowest BCUT2D eigenvalue weighted by atomic mass is 9.88. The maximum absolute atomic E-state index is 10.9. The van der Waals surface area contributed by atoms with Gasteiger partial charge in [-0.05, 0) is 109 Å². The van der Waals surface area contributed by atoms with Gasteiger partial charge in [0.05, 0.1) is 11.0 Å². The second-order valence-corrected chi connectivity index (χ2v) is 13.8. The van der Waals surface area contributed by atoms with Crippen LogP contribution in [0, 0.1) is 20.8 Å². The topological polar surface area (TPSA) is 50.9 Å². The Morgan fingerprint density at radius 2 is 1.45 bits per heavy atom. The van der Waals surface area contributed by atoms with E-state index in [1.165, 1.54) is 38.6 Å². The molecule has 7 aromatic rings. The second kappa shape index (κ2) is 10.5. The quantitative estimate of drug-likeness (QED) is 0.221. The fourth-order valence-corrected chi connectivity index (χ4v) is 7.27. The van der Waals surface area contributed by atoms with Gasteiger partial charge in [-0.3, -0.25) is 4.57 Å². The third-order valence-electron chi connectivity index (χ3n) is 8.46. The molecule has 5 heteroatoms. The lowest BCUT2D eigenvalue weighted by Gasteiger charge is -2.20. The highest BCUT2D eigenvalue weighted by Gasteiger charge is 2.19. The molecule has 0 saturated carbocycles. The minimum absolute atomic E-state index is 0.0154. The molecule has 0 bridgehead atoms. The van der Waals surface area contributed by atoms with Gasteiger partial charge in [0, 0.05) is 27.3 Å². The van der Waals surface area contributed by atoms with Gasteiger partial charge in [-0.25, -0.2) is 9.97 Å². The summed E-state index contributed by atoms with van der Waals surface area (Å²) in [4.78, 5) is 10.9. The summed E-state index contributed by atoms with van der Waals surface area (Å²) in [5.74, 6) is 1.10. The maximum Gasteiger partial charge on any atom is 0.141 e. The van der Waals surface area contributed by atoms with Gasteiger partial charge in [0.2, 0.25) is 0 Å². The van der Waals surface area contributed by atoms with Crippen LogP contribution in [0.2, 0.25) is 0 Å². The molecule has 7 rings (SSSR count). The smallest absolute Gasteiger partial charge is 0.141 e. The lowest BCUT2D eigenvalue weighted by molar-refractivity contribution is 0.480. The van der Waals surface area contributed by atoms with E-state index < -0.39 is 0 Å². The number of nitrogens with zero attached hydrogens (tertiary/aromatic N) is 3. The van der Waals surface area contributed by atoms with Crippen LogP contribution in [0.5, 0.6) is 5.75 Å². The first kappa shape index (κ1) is 28.2. The van der Waals surface area contributed by atoms with Crippen molar-refractivity contribution in [2.24, 2.45) is 0 Å². The van der Waals surface area contributed by atoms with E-state index in [0.717, 1.165) is 37.7 Å². The van der Waals surface area contributed by atoms with Crippen LogP contribution in [0.3, 0.4) is 0 Å². The Balaban J connectivity index is 1.34. The van der Waals surface area contributed by atoms with Gasteiger partial charge in [0.1, 0.15) is 22.1 Å². The van der Waals surface area contributed by atoms with Gasteiger partial charge in [-0.15, -0.1) is 0 Å². The Kier molecular flexibility index (Phi) is 6.74. The Morgan fingerprint density at radius 1 is 0.727 bits per heavy atom. The van der Waals surface area contributed by atoms with Gasteiger partial charge in [0.25, 0.3) is 0 Å². The molecule has 0 saturated heterocycles. The summed E-state index contributed by atoms with van der Waals surface area (Å²) in [7, 11) is 0. The molecule has 0 aliphatic heterocycles. The number of aromatic hydroxyl groups is 1. The zero-order chi connectivity index (χ0) is 30.7. The number of phenols is 1. The number of hydrogen-bond acceptors (Lipinski definition) is 4. The number of fused-ring (bicyclic) bond motifs is 4. The zero-order valence-electron chi connectivity index (χ0n) is 25.9. The summed E-state index contributed by atoms with van der Waals surface area (Å²) in [6.07, 6.45) is 1.91. The average molecular weight is 594 g/mol. The summed E-state index contributed by atoms with van der Waals surface area (Å²) >= 11 is 1.60. The van der Waals surface area contributed by atoms with Crippen LogP contribution in [0.15, 0.2) is 107 Å². The molecule has 0 aliphatic carbocycles. The van der Waals surface area contributed by atoms with Crippen molar-refractivity contribution in [3.8, 4) is 22.7 Å².